The van der Waals surface area contributed by atoms with Crippen molar-refractivity contribution in [2.75, 3.05) is 4.90 Å². The van der Waals surface area contributed by atoms with Crippen molar-refractivity contribution in [2.24, 2.45) is 11.8 Å². The Bertz CT molecular complexity index is 1160. The number of carbonyl (C=O) groups is 2. The molecule has 29 heavy (non-hydrogen) atoms. The van der Waals surface area contributed by atoms with Gasteiger partial charge in [-0.3, -0.25) is 9.59 Å². The number of hydrogen-bond donors (Lipinski definition) is 0. The summed E-state index contributed by atoms with van der Waals surface area (Å²) in [5, 5.41) is 0. The number of halogens is 2. The standard InChI is InChI=1S/C24H15ClINO2/c25-24-17-7-3-1-5-15(17)19(16-6-2-4-8-18(16)24)20-21(24)23(29)27(22(20)28)14-11-9-13(26)10-12-14/h1-12,19-21H/t19?,20-,21-,24?/m0/s1. The van der Waals surface area contributed by atoms with Gasteiger partial charge in [0.05, 0.1) is 17.5 Å². The summed E-state index contributed by atoms with van der Waals surface area (Å²) in [6.07, 6.45) is 0. The smallest absolute Gasteiger partial charge is 0.240 e. The van der Waals surface area contributed by atoms with Gasteiger partial charge in [-0.25, -0.2) is 4.90 Å². The minimum absolute atomic E-state index is 0.153. The zero-order valence-electron chi connectivity index (χ0n) is 15.2. The molecule has 4 aliphatic rings. The molecular weight excluding hydrogens is 497 g/mol. The molecule has 0 aromatic heterocycles. The number of carbonyl (C=O) groups excluding carboxylic acids is 2. The molecule has 2 bridgehead atoms. The van der Waals surface area contributed by atoms with Crippen LogP contribution < -0.4 is 4.90 Å². The minimum Gasteiger partial charge on any atom is -0.274 e. The van der Waals surface area contributed by atoms with Gasteiger partial charge in [0.15, 0.2) is 0 Å². The van der Waals surface area contributed by atoms with Crippen molar-refractivity contribution in [3.63, 3.8) is 0 Å². The average molecular weight is 512 g/mol. The number of nitrogens with zero attached hydrogens (tertiary/aromatic N) is 1. The van der Waals surface area contributed by atoms with E-state index in [4.69, 9.17) is 11.6 Å². The predicted molar refractivity (Wildman–Crippen MR) is 120 cm³/mol. The summed E-state index contributed by atoms with van der Waals surface area (Å²) in [4.78, 5) is 27.6. The summed E-state index contributed by atoms with van der Waals surface area (Å²) >= 11 is 9.61. The summed E-state index contributed by atoms with van der Waals surface area (Å²) in [6.45, 7) is 0. The number of rotatable bonds is 1. The molecule has 0 saturated carbocycles. The molecule has 3 aliphatic carbocycles. The molecule has 0 spiro atoms. The van der Waals surface area contributed by atoms with Crippen molar-refractivity contribution >= 4 is 51.7 Å². The minimum atomic E-state index is -1.03. The van der Waals surface area contributed by atoms with Crippen LogP contribution in [0.4, 0.5) is 5.69 Å². The van der Waals surface area contributed by atoms with Crippen LogP contribution in [-0.2, 0) is 14.5 Å². The lowest BCUT2D eigenvalue weighted by atomic mass is 9.54. The van der Waals surface area contributed by atoms with Crippen molar-refractivity contribution in [1.82, 2.24) is 0 Å². The van der Waals surface area contributed by atoms with Gasteiger partial charge in [0.25, 0.3) is 0 Å². The van der Waals surface area contributed by atoms with E-state index in [1.165, 1.54) is 4.90 Å². The highest BCUT2D eigenvalue weighted by molar-refractivity contribution is 14.1. The Kier molecular flexibility index (Phi) is 3.61. The van der Waals surface area contributed by atoms with E-state index < -0.39 is 16.7 Å². The fourth-order valence-electron chi connectivity index (χ4n) is 5.52. The monoisotopic (exact) mass is 511 g/mol. The lowest BCUT2D eigenvalue weighted by Crippen LogP contribution is -2.50. The zero-order valence-corrected chi connectivity index (χ0v) is 18.1. The van der Waals surface area contributed by atoms with Gasteiger partial charge in [0, 0.05) is 9.49 Å². The molecule has 3 aromatic rings. The van der Waals surface area contributed by atoms with Crippen LogP contribution in [0.3, 0.4) is 0 Å². The predicted octanol–water partition coefficient (Wildman–Crippen LogP) is 5.04. The van der Waals surface area contributed by atoms with Gasteiger partial charge in [0.1, 0.15) is 4.87 Å². The molecule has 0 N–H and O–H groups in total. The summed E-state index contributed by atoms with van der Waals surface area (Å²) in [6, 6.07) is 23.5. The maximum atomic E-state index is 13.7. The highest BCUT2D eigenvalue weighted by atomic mass is 127. The number of hydrogen-bond acceptors (Lipinski definition) is 2. The molecule has 3 aromatic carbocycles. The van der Waals surface area contributed by atoms with E-state index in [0.717, 1.165) is 25.8 Å². The third kappa shape index (κ3) is 2.09. The molecule has 0 unspecified atom stereocenters. The molecule has 142 valence electrons. The van der Waals surface area contributed by atoms with Crippen LogP contribution in [-0.4, -0.2) is 11.8 Å². The zero-order chi connectivity index (χ0) is 19.9. The summed E-state index contributed by atoms with van der Waals surface area (Å²) in [7, 11) is 0. The highest BCUT2D eigenvalue weighted by Gasteiger charge is 2.67. The number of anilines is 1. The largest absolute Gasteiger partial charge is 0.274 e. The normalized spacial score (nSPS) is 28.9. The van der Waals surface area contributed by atoms with Gasteiger partial charge in [-0.1, -0.05) is 48.5 Å². The Morgan fingerprint density at radius 2 is 1.34 bits per heavy atom. The Balaban J connectivity index is 1.61. The van der Waals surface area contributed by atoms with Gasteiger partial charge < -0.3 is 0 Å². The topological polar surface area (TPSA) is 37.4 Å². The summed E-state index contributed by atoms with van der Waals surface area (Å²) in [5.41, 5.74) is 4.65. The molecule has 5 heteroatoms. The first-order valence-electron chi connectivity index (χ1n) is 9.54. The van der Waals surface area contributed by atoms with Crippen molar-refractivity contribution in [3.8, 4) is 0 Å². The first-order chi connectivity index (χ1) is 14.0. The highest BCUT2D eigenvalue weighted by Crippen LogP contribution is 2.65. The molecule has 1 aliphatic heterocycles. The SMILES string of the molecule is O=C1[C@@H]2[C@@H](C(=O)N1c1ccc(I)cc1)C1c3ccccc3C2(Cl)c2ccccc21. The van der Waals surface area contributed by atoms with Crippen LogP contribution in [0.25, 0.3) is 0 Å². The van der Waals surface area contributed by atoms with Crippen LogP contribution in [0, 0.1) is 15.4 Å². The fourth-order valence-corrected chi connectivity index (χ4v) is 6.46. The Hall–Kier alpha value is -2.18. The van der Waals surface area contributed by atoms with Crippen molar-refractivity contribution in [3.05, 3.63) is 98.6 Å². The lowest BCUT2D eigenvalue weighted by molar-refractivity contribution is -0.122. The second kappa shape index (κ2) is 5.92. The van der Waals surface area contributed by atoms with Crippen LogP contribution in [0.5, 0.6) is 0 Å². The van der Waals surface area contributed by atoms with Gasteiger partial charge >= 0.3 is 0 Å². The van der Waals surface area contributed by atoms with E-state index in [2.05, 4.69) is 34.7 Å². The van der Waals surface area contributed by atoms with E-state index in [1.54, 1.807) is 0 Å². The van der Waals surface area contributed by atoms with Crippen LogP contribution >= 0.6 is 34.2 Å². The maximum Gasteiger partial charge on any atom is 0.240 e. The number of amides is 2. The van der Waals surface area contributed by atoms with Crippen LogP contribution in [0.15, 0.2) is 72.8 Å². The van der Waals surface area contributed by atoms with Crippen LogP contribution in [0.2, 0.25) is 0 Å². The second-order valence-electron chi connectivity index (χ2n) is 7.86. The van der Waals surface area contributed by atoms with E-state index in [9.17, 15) is 9.59 Å². The molecule has 1 fully saturated rings. The Morgan fingerprint density at radius 3 is 1.93 bits per heavy atom. The van der Waals surface area contributed by atoms with E-state index >= 15 is 0 Å². The average Bonchev–Trinajstić information content (AvgIpc) is 3.01. The van der Waals surface area contributed by atoms with Crippen LogP contribution in [0.1, 0.15) is 28.2 Å². The number of benzene rings is 3. The Labute approximate surface area is 186 Å². The fraction of sp³-hybridized carbons (Fsp3) is 0.167. The molecule has 7 rings (SSSR count). The third-order valence-electron chi connectivity index (χ3n) is 6.60. The second-order valence-corrected chi connectivity index (χ2v) is 9.70. The molecule has 0 radical (unpaired) electrons. The number of alkyl halides is 1. The van der Waals surface area contributed by atoms with Gasteiger partial charge in [-0.05, 0) is 69.1 Å². The maximum absolute atomic E-state index is 13.7. The molecule has 1 saturated heterocycles. The quantitative estimate of drug-likeness (QED) is 0.261. The van der Waals surface area contributed by atoms with E-state index in [0.29, 0.717) is 5.69 Å². The molecule has 2 amide bonds. The summed E-state index contributed by atoms with van der Waals surface area (Å²) in [5.74, 6) is -1.60. The van der Waals surface area contributed by atoms with Crippen molar-refractivity contribution in [2.45, 2.75) is 10.8 Å². The lowest BCUT2D eigenvalue weighted by Gasteiger charge is -2.50. The molecule has 1 heterocycles. The molecular formula is C24H15ClINO2. The van der Waals surface area contributed by atoms with Crippen molar-refractivity contribution < 1.29 is 9.59 Å². The Morgan fingerprint density at radius 1 is 0.793 bits per heavy atom. The van der Waals surface area contributed by atoms with Gasteiger partial charge in [-0.2, -0.15) is 0 Å². The summed E-state index contributed by atoms with van der Waals surface area (Å²) < 4.78 is 1.05. The van der Waals surface area contributed by atoms with Gasteiger partial charge in [-0.15, -0.1) is 11.6 Å². The van der Waals surface area contributed by atoms with E-state index in [-0.39, 0.29) is 17.7 Å². The molecule has 3 nitrogen and oxygen atoms in total. The first-order valence-corrected chi connectivity index (χ1v) is 11.0. The van der Waals surface area contributed by atoms with Gasteiger partial charge in [0.2, 0.25) is 11.8 Å². The van der Waals surface area contributed by atoms with Crippen molar-refractivity contribution in [1.29, 1.82) is 0 Å². The first kappa shape index (κ1) is 17.7. The molecule has 2 atom stereocenters. The van der Waals surface area contributed by atoms with E-state index in [1.807, 2.05) is 60.7 Å². The third-order valence-corrected chi connectivity index (χ3v) is 7.96. The number of imide groups is 1.